The van der Waals surface area contributed by atoms with Gasteiger partial charge in [-0.2, -0.15) is 8.78 Å². The van der Waals surface area contributed by atoms with E-state index in [4.69, 9.17) is 0 Å². The Hall–Kier alpha value is -0.0800. The van der Waals surface area contributed by atoms with E-state index in [-0.39, 0.29) is 0 Å². The molecule has 0 aliphatic rings. The van der Waals surface area contributed by atoms with Crippen molar-refractivity contribution in [2.75, 3.05) is 0 Å². The normalized spacial score (nSPS) is 14.5. The average molecular weight is 159 g/mol. The van der Waals surface area contributed by atoms with E-state index in [0.29, 0.717) is 12.2 Å². The fourth-order valence-electron chi connectivity index (χ4n) is 0.126. The Morgan fingerprint density at radius 1 is 1.00 bits per heavy atom. The number of halogens is 4. The average Bonchev–Trinajstić information content (AvgIpc) is 1.61. The summed E-state index contributed by atoms with van der Waals surface area (Å²) in [5.41, 5.74) is 0. The minimum atomic E-state index is -0.999. The van der Waals surface area contributed by atoms with E-state index in [9.17, 15) is 8.78 Å². The zero-order valence-corrected chi connectivity index (χ0v) is 5.18. The van der Waals surface area contributed by atoms with E-state index in [1.54, 1.807) is 0 Å². The SMILES string of the molecule is FC(Cl)=CC=C(F)Cl. The highest BCUT2D eigenvalue weighted by atomic mass is 35.5. The van der Waals surface area contributed by atoms with Crippen LogP contribution in [0.15, 0.2) is 22.7 Å². The maximum absolute atomic E-state index is 11.4. The Kier molecular flexibility index (Phi) is 3.83. The highest BCUT2D eigenvalue weighted by Crippen LogP contribution is 2.06. The summed E-state index contributed by atoms with van der Waals surface area (Å²) in [6.07, 6.45) is 1.42. The lowest BCUT2D eigenvalue weighted by Crippen LogP contribution is -1.53. The summed E-state index contributed by atoms with van der Waals surface area (Å²) in [6, 6.07) is 0. The molecule has 0 rings (SSSR count). The largest absolute Gasteiger partial charge is 0.194 e. The first-order valence-corrected chi connectivity index (χ1v) is 2.42. The standard InChI is InChI=1S/C4H2Cl2F2/c5-3(7)1-2-4(6)8/h1-2H. The van der Waals surface area contributed by atoms with E-state index in [1.807, 2.05) is 0 Å². The summed E-state index contributed by atoms with van der Waals surface area (Å²) in [7, 11) is 0. The summed E-state index contributed by atoms with van der Waals surface area (Å²) in [5.74, 6) is 0. The van der Waals surface area contributed by atoms with Gasteiger partial charge in [-0.15, -0.1) is 0 Å². The lowest BCUT2D eigenvalue weighted by Gasteiger charge is -1.74. The van der Waals surface area contributed by atoms with Gasteiger partial charge in [0.05, 0.1) is 0 Å². The zero-order valence-electron chi connectivity index (χ0n) is 3.67. The summed E-state index contributed by atoms with van der Waals surface area (Å²) < 4.78 is 22.8. The van der Waals surface area contributed by atoms with Crippen molar-refractivity contribution in [1.29, 1.82) is 0 Å². The maximum atomic E-state index is 11.4. The quantitative estimate of drug-likeness (QED) is 0.515. The molecule has 0 aliphatic carbocycles. The zero-order chi connectivity index (χ0) is 6.57. The van der Waals surface area contributed by atoms with Crippen LogP contribution >= 0.6 is 23.2 Å². The molecule has 0 bridgehead atoms. The Bertz CT molecular complexity index is 104. The lowest BCUT2D eigenvalue weighted by molar-refractivity contribution is 0.684. The first kappa shape index (κ1) is 7.92. The fourth-order valence-corrected chi connectivity index (χ4v) is 0.252. The van der Waals surface area contributed by atoms with Crippen molar-refractivity contribution in [3.05, 3.63) is 22.7 Å². The van der Waals surface area contributed by atoms with Crippen LogP contribution in [0.4, 0.5) is 8.78 Å². The van der Waals surface area contributed by atoms with Crippen molar-refractivity contribution in [2.45, 2.75) is 0 Å². The molecule has 0 atom stereocenters. The highest BCUT2D eigenvalue weighted by molar-refractivity contribution is 6.29. The van der Waals surface area contributed by atoms with Crippen molar-refractivity contribution >= 4 is 23.2 Å². The third kappa shape index (κ3) is 5.92. The number of allylic oxidation sites excluding steroid dienone is 2. The van der Waals surface area contributed by atoms with Gasteiger partial charge < -0.3 is 0 Å². The molecule has 46 valence electrons. The molecule has 0 aromatic heterocycles. The first-order chi connectivity index (χ1) is 3.63. The van der Waals surface area contributed by atoms with E-state index in [0.717, 1.165) is 0 Å². The lowest BCUT2D eigenvalue weighted by atomic mass is 10.6. The van der Waals surface area contributed by atoms with Crippen LogP contribution in [0.1, 0.15) is 0 Å². The van der Waals surface area contributed by atoms with Gasteiger partial charge in [-0.05, 0) is 12.2 Å². The van der Waals surface area contributed by atoms with Crippen LogP contribution in [0, 0.1) is 0 Å². The van der Waals surface area contributed by atoms with Crippen LogP contribution in [-0.4, -0.2) is 0 Å². The van der Waals surface area contributed by atoms with Crippen LogP contribution in [-0.2, 0) is 0 Å². The summed E-state index contributed by atoms with van der Waals surface area (Å²) >= 11 is 9.29. The van der Waals surface area contributed by atoms with Crippen LogP contribution in [0.2, 0.25) is 0 Å². The number of rotatable bonds is 1. The molecule has 0 N–H and O–H groups in total. The van der Waals surface area contributed by atoms with Crippen molar-refractivity contribution in [2.24, 2.45) is 0 Å². The van der Waals surface area contributed by atoms with Crippen LogP contribution in [0.25, 0.3) is 0 Å². The van der Waals surface area contributed by atoms with E-state index < -0.39 is 10.6 Å². The molecule has 0 aliphatic heterocycles. The minimum Gasteiger partial charge on any atom is -0.194 e. The Morgan fingerprint density at radius 3 is 1.38 bits per heavy atom. The third-order valence-electron chi connectivity index (χ3n) is 0.335. The van der Waals surface area contributed by atoms with Crippen LogP contribution in [0.3, 0.4) is 0 Å². The molecular formula is C4H2Cl2F2. The van der Waals surface area contributed by atoms with Crippen molar-refractivity contribution in [3.63, 3.8) is 0 Å². The molecule has 4 heteroatoms. The van der Waals surface area contributed by atoms with Gasteiger partial charge in [-0.25, -0.2) is 0 Å². The topological polar surface area (TPSA) is 0 Å². The molecule has 0 aromatic carbocycles. The molecule has 8 heavy (non-hydrogen) atoms. The number of hydrogen-bond acceptors (Lipinski definition) is 0. The minimum absolute atomic E-state index is 0.712. The predicted molar refractivity (Wildman–Crippen MR) is 30.1 cm³/mol. The van der Waals surface area contributed by atoms with Crippen molar-refractivity contribution in [3.8, 4) is 0 Å². The van der Waals surface area contributed by atoms with Crippen molar-refractivity contribution in [1.82, 2.24) is 0 Å². The van der Waals surface area contributed by atoms with Crippen LogP contribution in [0.5, 0.6) is 0 Å². The molecule has 0 spiro atoms. The Balaban J connectivity index is 3.76. The summed E-state index contributed by atoms with van der Waals surface area (Å²) in [6.45, 7) is 0. The van der Waals surface area contributed by atoms with E-state index in [1.165, 1.54) is 0 Å². The smallest absolute Gasteiger partial charge is 0.189 e. The van der Waals surface area contributed by atoms with Crippen molar-refractivity contribution < 1.29 is 8.78 Å². The second-order valence-corrected chi connectivity index (χ2v) is 1.63. The summed E-state index contributed by atoms with van der Waals surface area (Å²) in [5, 5.41) is -2.00. The van der Waals surface area contributed by atoms with Gasteiger partial charge in [0.1, 0.15) is 0 Å². The van der Waals surface area contributed by atoms with Gasteiger partial charge in [0.15, 0.2) is 10.6 Å². The molecular weight excluding hydrogens is 157 g/mol. The van der Waals surface area contributed by atoms with E-state index in [2.05, 4.69) is 23.2 Å². The molecule has 0 saturated carbocycles. The first-order valence-electron chi connectivity index (χ1n) is 1.67. The molecule has 0 heterocycles. The molecule has 0 nitrogen and oxygen atoms in total. The molecule has 0 fully saturated rings. The van der Waals surface area contributed by atoms with Gasteiger partial charge in [-0.3, -0.25) is 0 Å². The maximum Gasteiger partial charge on any atom is 0.189 e. The van der Waals surface area contributed by atoms with Gasteiger partial charge in [-0.1, -0.05) is 23.2 Å². The second-order valence-electron chi connectivity index (χ2n) is 0.913. The highest BCUT2D eigenvalue weighted by Gasteiger charge is 1.83. The predicted octanol–water partition coefficient (Wildman–Crippen LogP) is 3.09. The molecule has 0 aromatic rings. The molecule has 0 saturated heterocycles. The third-order valence-corrected chi connectivity index (χ3v) is 0.587. The Labute approximate surface area is 55.4 Å². The Morgan fingerprint density at radius 2 is 1.25 bits per heavy atom. The molecule has 0 unspecified atom stereocenters. The second kappa shape index (κ2) is 3.87. The summed E-state index contributed by atoms with van der Waals surface area (Å²) in [4.78, 5) is 0. The molecule has 0 amide bonds. The molecule has 0 radical (unpaired) electrons. The fraction of sp³-hybridized carbons (Fsp3) is 0. The van der Waals surface area contributed by atoms with Gasteiger partial charge in [0.25, 0.3) is 0 Å². The number of hydrogen-bond donors (Lipinski definition) is 0. The van der Waals surface area contributed by atoms with Crippen LogP contribution < -0.4 is 0 Å². The monoisotopic (exact) mass is 158 g/mol. The van der Waals surface area contributed by atoms with Gasteiger partial charge in [0.2, 0.25) is 0 Å². The van der Waals surface area contributed by atoms with Gasteiger partial charge in [0, 0.05) is 0 Å². The van der Waals surface area contributed by atoms with E-state index >= 15 is 0 Å². The van der Waals surface area contributed by atoms with Gasteiger partial charge >= 0.3 is 0 Å².